The normalized spacial score (nSPS) is 11.1. The fourth-order valence-corrected chi connectivity index (χ4v) is 1.74. The van der Waals surface area contributed by atoms with E-state index in [2.05, 4.69) is 19.2 Å². The number of rotatable bonds is 6. The Morgan fingerprint density at radius 3 is 2.81 bits per heavy atom. The molecular formula is C13H19ClFN. The highest BCUT2D eigenvalue weighted by Crippen LogP contribution is 2.18. The molecular weight excluding hydrogens is 225 g/mol. The first-order valence-electron chi connectivity index (χ1n) is 5.74. The maximum Gasteiger partial charge on any atom is 0.123 e. The molecule has 0 bridgehead atoms. The van der Waals surface area contributed by atoms with Crippen molar-refractivity contribution < 1.29 is 4.39 Å². The van der Waals surface area contributed by atoms with Gasteiger partial charge >= 0.3 is 0 Å². The van der Waals surface area contributed by atoms with Gasteiger partial charge in [0.1, 0.15) is 5.82 Å². The van der Waals surface area contributed by atoms with E-state index in [9.17, 15) is 4.39 Å². The van der Waals surface area contributed by atoms with Gasteiger partial charge in [-0.05, 0) is 55.6 Å². The molecule has 90 valence electrons. The number of benzene rings is 1. The van der Waals surface area contributed by atoms with Crippen molar-refractivity contribution in [3.63, 3.8) is 0 Å². The lowest BCUT2D eigenvalue weighted by Crippen LogP contribution is -2.21. The van der Waals surface area contributed by atoms with E-state index in [0.717, 1.165) is 31.5 Å². The van der Waals surface area contributed by atoms with Gasteiger partial charge in [0.25, 0.3) is 0 Å². The summed E-state index contributed by atoms with van der Waals surface area (Å²) in [5, 5.41) is 4.01. The Kier molecular flexibility index (Phi) is 5.78. The summed E-state index contributed by atoms with van der Waals surface area (Å²) in [6, 6.07) is 4.53. The zero-order valence-electron chi connectivity index (χ0n) is 9.89. The first-order chi connectivity index (χ1) is 7.59. The number of hydrogen-bond donors (Lipinski definition) is 1. The molecule has 0 aromatic heterocycles. The van der Waals surface area contributed by atoms with Gasteiger partial charge in [-0.15, -0.1) is 0 Å². The third-order valence-electron chi connectivity index (χ3n) is 2.36. The van der Waals surface area contributed by atoms with Gasteiger partial charge in [0, 0.05) is 5.02 Å². The summed E-state index contributed by atoms with van der Waals surface area (Å²) in [6.07, 6.45) is 1.80. The molecule has 1 N–H and O–H groups in total. The third-order valence-corrected chi connectivity index (χ3v) is 2.73. The van der Waals surface area contributed by atoms with Crippen molar-refractivity contribution in [1.29, 1.82) is 0 Å². The van der Waals surface area contributed by atoms with Crippen molar-refractivity contribution in [3.8, 4) is 0 Å². The highest BCUT2D eigenvalue weighted by Gasteiger charge is 2.02. The van der Waals surface area contributed by atoms with Crippen LogP contribution in [-0.2, 0) is 6.42 Å². The van der Waals surface area contributed by atoms with Crippen LogP contribution in [0.15, 0.2) is 18.2 Å². The molecule has 0 fully saturated rings. The standard InChI is InChI=1S/C13H19ClFN/c1-10(2)9-16-7-3-4-11-8-12(15)5-6-13(11)14/h5-6,8,10,16H,3-4,7,9H2,1-2H3. The minimum Gasteiger partial charge on any atom is -0.316 e. The van der Waals surface area contributed by atoms with Gasteiger partial charge < -0.3 is 5.32 Å². The third kappa shape index (κ3) is 4.95. The predicted molar refractivity (Wildman–Crippen MR) is 67.4 cm³/mol. The van der Waals surface area contributed by atoms with Gasteiger partial charge in [-0.1, -0.05) is 25.4 Å². The van der Waals surface area contributed by atoms with Crippen molar-refractivity contribution in [2.24, 2.45) is 5.92 Å². The minimum atomic E-state index is -0.213. The van der Waals surface area contributed by atoms with Crippen molar-refractivity contribution in [3.05, 3.63) is 34.6 Å². The van der Waals surface area contributed by atoms with Crippen LogP contribution in [0.3, 0.4) is 0 Å². The van der Waals surface area contributed by atoms with E-state index in [0.29, 0.717) is 10.9 Å². The number of aryl methyl sites for hydroxylation is 1. The van der Waals surface area contributed by atoms with E-state index in [1.54, 1.807) is 6.07 Å². The highest BCUT2D eigenvalue weighted by molar-refractivity contribution is 6.31. The maximum atomic E-state index is 13.0. The van der Waals surface area contributed by atoms with Gasteiger partial charge in [-0.2, -0.15) is 0 Å². The SMILES string of the molecule is CC(C)CNCCCc1cc(F)ccc1Cl. The lowest BCUT2D eigenvalue weighted by molar-refractivity contribution is 0.542. The maximum absolute atomic E-state index is 13.0. The largest absolute Gasteiger partial charge is 0.316 e. The molecule has 0 saturated heterocycles. The smallest absolute Gasteiger partial charge is 0.123 e. The van der Waals surface area contributed by atoms with Crippen LogP contribution in [0.5, 0.6) is 0 Å². The van der Waals surface area contributed by atoms with Gasteiger partial charge in [-0.3, -0.25) is 0 Å². The quantitative estimate of drug-likeness (QED) is 0.752. The van der Waals surface area contributed by atoms with E-state index < -0.39 is 0 Å². The Morgan fingerprint density at radius 2 is 2.12 bits per heavy atom. The molecule has 0 spiro atoms. The van der Waals surface area contributed by atoms with Crippen LogP contribution in [0.1, 0.15) is 25.8 Å². The summed E-state index contributed by atoms with van der Waals surface area (Å²) in [4.78, 5) is 0. The molecule has 0 atom stereocenters. The molecule has 0 aliphatic heterocycles. The average molecular weight is 244 g/mol. The first-order valence-corrected chi connectivity index (χ1v) is 6.12. The Bertz CT molecular complexity index is 326. The number of nitrogens with one attached hydrogen (secondary N) is 1. The summed E-state index contributed by atoms with van der Waals surface area (Å²) in [5.41, 5.74) is 0.896. The van der Waals surface area contributed by atoms with Crippen molar-refractivity contribution in [2.45, 2.75) is 26.7 Å². The van der Waals surface area contributed by atoms with E-state index in [1.807, 2.05) is 0 Å². The molecule has 0 aliphatic rings. The second kappa shape index (κ2) is 6.87. The predicted octanol–water partition coefficient (Wildman–Crippen LogP) is 3.66. The Labute approximate surface area is 102 Å². The lowest BCUT2D eigenvalue weighted by atomic mass is 10.1. The Hall–Kier alpha value is -0.600. The van der Waals surface area contributed by atoms with Crippen molar-refractivity contribution in [2.75, 3.05) is 13.1 Å². The fraction of sp³-hybridized carbons (Fsp3) is 0.538. The van der Waals surface area contributed by atoms with Crippen LogP contribution in [-0.4, -0.2) is 13.1 Å². The molecule has 0 unspecified atom stereocenters. The van der Waals surface area contributed by atoms with Gasteiger partial charge in [0.05, 0.1) is 0 Å². The second-order valence-corrected chi connectivity index (χ2v) is 4.84. The fourth-order valence-electron chi connectivity index (χ4n) is 1.53. The average Bonchev–Trinajstić information content (AvgIpc) is 2.22. The molecule has 3 heteroatoms. The van der Waals surface area contributed by atoms with E-state index >= 15 is 0 Å². The Morgan fingerprint density at radius 1 is 1.38 bits per heavy atom. The molecule has 0 amide bonds. The van der Waals surface area contributed by atoms with Gasteiger partial charge in [0.2, 0.25) is 0 Å². The molecule has 0 saturated carbocycles. The second-order valence-electron chi connectivity index (χ2n) is 4.44. The van der Waals surface area contributed by atoms with Crippen LogP contribution in [0.25, 0.3) is 0 Å². The number of hydrogen-bond acceptors (Lipinski definition) is 1. The van der Waals surface area contributed by atoms with E-state index in [4.69, 9.17) is 11.6 Å². The highest BCUT2D eigenvalue weighted by atomic mass is 35.5. The van der Waals surface area contributed by atoms with Crippen LogP contribution < -0.4 is 5.32 Å². The summed E-state index contributed by atoms with van der Waals surface area (Å²) in [7, 11) is 0. The van der Waals surface area contributed by atoms with E-state index in [1.165, 1.54) is 12.1 Å². The van der Waals surface area contributed by atoms with Gasteiger partial charge in [0.15, 0.2) is 0 Å². The lowest BCUT2D eigenvalue weighted by Gasteiger charge is -2.08. The monoisotopic (exact) mass is 243 g/mol. The zero-order chi connectivity index (χ0) is 12.0. The zero-order valence-corrected chi connectivity index (χ0v) is 10.6. The summed E-state index contributed by atoms with van der Waals surface area (Å²) >= 11 is 5.97. The molecule has 1 nitrogen and oxygen atoms in total. The van der Waals surface area contributed by atoms with E-state index in [-0.39, 0.29) is 5.82 Å². The topological polar surface area (TPSA) is 12.0 Å². The molecule has 0 radical (unpaired) electrons. The molecule has 1 aromatic carbocycles. The van der Waals surface area contributed by atoms with Crippen molar-refractivity contribution in [1.82, 2.24) is 5.32 Å². The van der Waals surface area contributed by atoms with Crippen LogP contribution in [0.2, 0.25) is 5.02 Å². The van der Waals surface area contributed by atoms with Crippen LogP contribution in [0, 0.1) is 11.7 Å². The molecule has 16 heavy (non-hydrogen) atoms. The summed E-state index contributed by atoms with van der Waals surface area (Å²) < 4.78 is 13.0. The minimum absolute atomic E-state index is 0.213. The Balaban J connectivity index is 2.29. The number of halogens is 2. The summed E-state index contributed by atoms with van der Waals surface area (Å²) in [6.45, 7) is 6.33. The molecule has 0 aliphatic carbocycles. The molecule has 1 aromatic rings. The van der Waals surface area contributed by atoms with Gasteiger partial charge in [-0.25, -0.2) is 4.39 Å². The first kappa shape index (κ1) is 13.5. The molecule has 0 heterocycles. The van der Waals surface area contributed by atoms with Crippen LogP contribution in [0.4, 0.5) is 4.39 Å². The van der Waals surface area contributed by atoms with Crippen LogP contribution >= 0.6 is 11.6 Å². The van der Waals surface area contributed by atoms with Crippen molar-refractivity contribution >= 4 is 11.6 Å². The summed E-state index contributed by atoms with van der Waals surface area (Å²) in [5.74, 6) is 0.451. The molecule has 1 rings (SSSR count).